The number of hydrogen-bond donors (Lipinski definition) is 0. The molecule has 0 atom stereocenters. The minimum absolute atomic E-state index is 0.126. The molecule has 0 unspecified atom stereocenters. The Morgan fingerprint density at radius 1 is 0.491 bits per heavy atom. The Morgan fingerprint density at radius 3 is 1.89 bits per heavy atom. The second-order valence-electron chi connectivity index (χ2n) is 15.7. The topological polar surface area (TPSA) is 19.6 Å². The van der Waals surface area contributed by atoms with Crippen LogP contribution in [-0.4, -0.2) is 6.85 Å². The van der Waals surface area contributed by atoms with Crippen LogP contribution in [0.5, 0.6) is 0 Å². The molecule has 0 spiro atoms. The van der Waals surface area contributed by atoms with Crippen LogP contribution in [0.3, 0.4) is 0 Å². The predicted molar refractivity (Wildman–Crippen MR) is 230 cm³/mol. The average Bonchev–Trinajstić information content (AvgIpc) is 3.62. The Hall–Kier alpha value is -6.78. The first-order valence-corrected chi connectivity index (χ1v) is 19.2. The van der Waals surface area contributed by atoms with Crippen molar-refractivity contribution in [2.24, 2.45) is 0 Å². The van der Waals surface area contributed by atoms with Gasteiger partial charge >= 0.3 is 6.85 Å². The van der Waals surface area contributed by atoms with Gasteiger partial charge in [0.1, 0.15) is 5.58 Å². The second kappa shape index (κ2) is 11.1. The summed E-state index contributed by atoms with van der Waals surface area (Å²) < 4.78 is 7.02. The third-order valence-electron chi connectivity index (χ3n) is 12.4. The molecule has 0 aliphatic carbocycles. The Morgan fingerprint density at radius 2 is 1.13 bits per heavy atom. The molecule has 0 N–H and O–H groups in total. The van der Waals surface area contributed by atoms with E-state index in [2.05, 4.69) is 199 Å². The van der Waals surface area contributed by atoms with E-state index < -0.39 is 0 Å². The zero-order valence-electron chi connectivity index (χ0n) is 30.6. The first-order valence-electron chi connectivity index (χ1n) is 19.2. The Kier molecular flexibility index (Phi) is 6.20. The maximum Gasteiger partial charge on any atom is 0.333 e. The van der Waals surface area contributed by atoms with E-state index in [0.717, 1.165) is 33.3 Å². The van der Waals surface area contributed by atoms with Crippen molar-refractivity contribution in [3.05, 3.63) is 187 Å². The molecule has 9 aromatic rings. The molecule has 0 bridgehead atoms. The van der Waals surface area contributed by atoms with Gasteiger partial charge in [0.2, 0.25) is 0 Å². The molecule has 0 fully saturated rings. The van der Waals surface area contributed by atoms with Crippen molar-refractivity contribution in [1.82, 2.24) is 0 Å². The number of furan rings is 1. The molecule has 3 aliphatic rings. The monoisotopic (exact) mass is 702 g/mol. The molecule has 1 aromatic heterocycles. The van der Waals surface area contributed by atoms with Gasteiger partial charge in [-0.15, -0.1) is 0 Å². The highest BCUT2D eigenvalue weighted by Gasteiger charge is 2.50. The Bertz CT molecular complexity index is 2980. The molecule has 0 saturated heterocycles. The van der Waals surface area contributed by atoms with E-state index in [4.69, 9.17) is 4.42 Å². The third kappa shape index (κ3) is 4.17. The van der Waals surface area contributed by atoms with Crippen LogP contribution in [0.4, 0.5) is 28.4 Å². The van der Waals surface area contributed by atoms with Gasteiger partial charge in [0.05, 0.1) is 11.4 Å². The summed E-state index contributed by atoms with van der Waals surface area (Å²) in [6, 6.07) is 64.6. The lowest BCUT2D eigenvalue weighted by Gasteiger charge is -2.50. The van der Waals surface area contributed by atoms with Gasteiger partial charge in [0.15, 0.2) is 5.58 Å². The van der Waals surface area contributed by atoms with Gasteiger partial charge < -0.3 is 14.1 Å². The molecule has 0 amide bonds. The van der Waals surface area contributed by atoms with Gasteiger partial charge in [-0.3, -0.25) is 0 Å². The fourth-order valence-corrected chi connectivity index (χ4v) is 9.92. The second-order valence-corrected chi connectivity index (χ2v) is 15.7. The van der Waals surface area contributed by atoms with E-state index in [0.29, 0.717) is 0 Å². The fourth-order valence-electron chi connectivity index (χ4n) is 9.92. The van der Waals surface area contributed by atoms with Crippen molar-refractivity contribution >= 4 is 68.1 Å². The summed E-state index contributed by atoms with van der Waals surface area (Å²) >= 11 is 0. The van der Waals surface area contributed by atoms with Gasteiger partial charge in [0.25, 0.3) is 0 Å². The number of benzene rings is 8. The predicted octanol–water partition coefficient (Wildman–Crippen LogP) is 12.3. The van der Waals surface area contributed by atoms with Crippen molar-refractivity contribution in [3.63, 3.8) is 0 Å². The highest BCUT2D eigenvalue weighted by molar-refractivity contribution is 6.94. The van der Waals surface area contributed by atoms with Crippen molar-refractivity contribution < 1.29 is 4.42 Å². The third-order valence-corrected chi connectivity index (χ3v) is 12.4. The van der Waals surface area contributed by atoms with E-state index >= 15 is 0 Å². The molecule has 0 radical (unpaired) electrons. The molecule has 55 heavy (non-hydrogen) atoms. The van der Waals surface area contributed by atoms with Crippen LogP contribution in [-0.2, 0) is 5.41 Å². The highest BCUT2D eigenvalue weighted by atomic mass is 16.3. The van der Waals surface area contributed by atoms with Crippen molar-refractivity contribution in [1.29, 1.82) is 0 Å². The lowest BCUT2D eigenvalue weighted by molar-refractivity contribution is 0.631. The lowest BCUT2D eigenvalue weighted by Crippen LogP contribution is -2.62. The van der Waals surface area contributed by atoms with Gasteiger partial charge in [-0.1, -0.05) is 147 Å². The van der Waals surface area contributed by atoms with E-state index in [1.165, 1.54) is 72.5 Å². The average molecular weight is 703 g/mol. The largest absolute Gasteiger partial charge is 0.454 e. The minimum Gasteiger partial charge on any atom is -0.454 e. The number of rotatable bonds is 3. The van der Waals surface area contributed by atoms with Crippen LogP contribution in [0.15, 0.2) is 180 Å². The van der Waals surface area contributed by atoms with Gasteiger partial charge in [-0.25, -0.2) is 0 Å². The van der Waals surface area contributed by atoms with Crippen LogP contribution in [0.2, 0.25) is 0 Å². The first-order chi connectivity index (χ1) is 27.1. The van der Waals surface area contributed by atoms with Crippen LogP contribution < -0.4 is 20.6 Å². The molecule has 3 nitrogen and oxygen atoms in total. The summed E-state index contributed by atoms with van der Waals surface area (Å²) in [6.07, 6.45) is 0. The van der Waals surface area contributed by atoms with Crippen LogP contribution in [0.25, 0.3) is 55.3 Å². The summed E-state index contributed by atoms with van der Waals surface area (Å²) in [5.41, 5.74) is 20.0. The van der Waals surface area contributed by atoms with E-state index in [9.17, 15) is 0 Å². The molecule has 4 heterocycles. The number of hydrogen-bond acceptors (Lipinski definition) is 3. The van der Waals surface area contributed by atoms with Crippen molar-refractivity contribution in [3.8, 4) is 33.4 Å². The van der Waals surface area contributed by atoms with E-state index in [1.807, 2.05) is 0 Å². The molecular weight excluding hydrogens is 667 g/mol. The smallest absolute Gasteiger partial charge is 0.333 e. The first kappa shape index (κ1) is 30.7. The highest BCUT2D eigenvalue weighted by Crippen LogP contribution is 2.56. The van der Waals surface area contributed by atoms with Crippen molar-refractivity contribution in [2.75, 3.05) is 9.71 Å². The number of anilines is 5. The van der Waals surface area contributed by atoms with Gasteiger partial charge in [0, 0.05) is 38.8 Å². The molecule has 258 valence electrons. The molecule has 0 saturated carbocycles. The van der Waals surface area contributed by atoms with Crippen molar-refractivity contribution in [2.45, 2.75) is 19.3 Å². The standard InChI is InChI=1S/C51H35BN2O/c1-51(2)41-22-11-13-26-45(41)53-48-42(51)23-15-24-43(48)52-47-39(31-40-38-21-10-14-27-46(38)55-50(40)49(47)53)37-20-9-12-25-44(37)54(52)36-29-34(32-16-5-3-6-17-32)28-35(30-36)33-18-7-4-8-19-33/h3-31H,1-2H3. The molecule has 12 rings (SSSR count). The summed E-state index contributed by atoms with van der Waals surface area (Å²) in [6.45, 7) is 4.63. The normalized spacial score (nSPS) is 14.4. The zero-order chi connectivity index (χ0) is 36.4. The lowest BCUT2D eigenvalue weighted by atomic mass is 9.42. The summed E-state index contributed by atoms with van der Waals surface area (Å²) in [7, 11) is 0. The number of para-hydroxylation sites is 4. The number of nitrogens with zero attached hydrogens (tertiary/aromatic N) is 2. The summed E-state index contributed by atoms with van der Waals surface area (Å²) in [4.78, 5) is 5.17. The zero-order valence-corrected chi connectivity index (χ0v) is 30.6. The van der Waals surface area contributed by atoms with Crippen LogP contribution in [0, 0.1) is 0 Å². The quantitative estimate of drug-likeness (QED) is 0.171. The summed E-state index contributed by atoms with van der Waals surface area (Å²) in [5.74, 6) is 0. The summed E-state index contributed by atoms with van der Waals surface area (Å²) in [5, 5.41) is 2.29. The molecular formula is C51H35BN2O. The van der Waals surface area contributed by atoms with E-state index in [1.54, 1.807) is 0 Å². The SMILES string of the molecule is CC1(C)c2ccccc2N2c3c(cccc31)B1c3c(cc4c(oc5ccccc54)c32)-c2ccccc2N1c1cc(-c2ccccc2)cc(-c2ccccc2)c1. The minimum atomic E-state index is -0.217. The van der Waals surface area contributed by atoms with Gasteiger partial charge in [-0.2, -0.15) is 0 Å². The fraction of sp³-hybridized carbons (Fsp3) is 0.0588. The van der Waals surface area contributed by atoms with Gasteiger partial charge in [-0.05, 0) is 92.3 Å². The maximum atomic E-state index is 7.02. The van der Waals surface area contributed by atoms with Crippen LogP contribution >= 0.6 is 0 Å². The molecule has 3 aliphatic heterocycles. The molecule has 8 aromatic carbocycles. The molecule has 4 heteroatoms. The number of fused-ring (bicyclic) bond motifs is 10. The van der Waals surface area contributed by atoms with E-state index in [-0.39, 0.29) is 12.3 Å². The Labute approximate surface area is 320 Å². The Balaban J connectivity index is 1.24. The van der Waals surface area contributed by atoms with Crippen LogP contribution in [0.1, 0.15) is 25.0 Å². The maximum absolute atomic E-state index is 7.02.